The highest BCUT2D eigenvalue weighted by molar-refractivity contribution is 5.43. The Bertz CT molecular complexity index is 350. The van der Waals surface area contributed by atoms with Crippen LogP contribution in [-0.2, 0) is 0 Å². The highest BCUT2D eigenvalue weighted by atomic mass is 19.4. The summed E-state index contributed by atoms with van der Waals surface area (Å²) in [6.07, 6.45) is -4.89. The molecule has 0 fully saturated rings. The van der Waals surface area contributed by atoms with E-state index in [2.05, 4.69) is 9.72 Å². The molecule has 0 aliphatic heterocycles. The van der Waals surface area contributed by atoms with E-state index in [4.69, 9.17) is 5.73 Å². The van der Waals surface area contributed by atoms with Crippen LogP contribution in [0.5, 0.6) is 5.88 Å². The first kappa shape index (κ1) is 10.6. The van der Waals surface area contributed by atoms with Gasteiger partial charge in [0.2, 0.25) is 11.8 Å². The van der Waals surface area contributed by atoms with Crippen LogP contribution in [0.2, 0.25) is 0 Å². The molecule has 0 atom stereocenters. The smallest absolute Gasteiger partial charge is 0.395 e. The fraction of sp³-hybridized carbons (Fsp3) is 0.286. The minimum absolute atomic E-state index is 0.0150. The largest absolute Gasteiger partial charge is 0.574 e. The normalized spacial score (nSPS) is 11.5. The van der Waals surface area contributed by atoms with E-state index in [0.717, 1.165) is 6.07 Å². The average Bonchev–Trinajstić information content (AvgIpc) is 1.97. The van der Waals surface area contributed by atoms with Gasteiger partial charge in [-0.3, -0.25) is 0 Å². The van der Waals surface area contributed by atoms with Gasteiger partial charge in [0.05, 0.1) is 5.69 Å². The molecule has 0 saturated heterocycles. The maximum absolute atomic E-state index is 12.7. The topological polar surface area (TPSA) is 48.1 Å². The number of anilines is 1. The van der Waals surface area contributed by atoms with Gasteiger partial charge in [0.25, 0.3) is 0 Å². The van der Waals surface area contributed by atoms with Crippen molar-refractivity contribution in [2.24, 2.45) is 0 Å². The van der Waals surface area contributed by atoms with Gasteiger partial charge in [-0.2, -0.15) is 9.37 Å². The molecule has 0 amide bonds. The lowest BCUT2D eigenvalue weighted by Crippen LogP contribution is -2.19. The molecule has 2 N–H and O–H groups in total. The van der Waals surface area contributed by atoms with Crippen LogP contribution in [0.3, 0.4) is 0 Å². The van der Waals surface area contributed by atoms with E-state index in [0.29, 0.717) is 0 Å². The summed E-state index contributed by atoms with van der Waals surface area (Å²) in [6.45, 7) is 1.28. The van der Waals surface area contributed by atoms with Gasteiger partial charge in [0.15, 0.2) is 0 Å². The first-order valence-corrected chi connectivity index (χ1v) is 3.48. The van der Waals surface area contributed by atoms with Gasteiger partial charge in [-0.15, -0.1) is 13.2 Å². The second-order valence-electron chi connectivity index (χ2n) is 2.54. The summed E-state index contributed by atoms with van der Waals surface area (Å²) in [6, 6.07) is 1.02. The lowest BCUT2D eigenvalue weighted by molar-refractivity contribution is -0.276. The third-order valence-electron chi connectivity index (χ3n) is 1.36. The Balaban J connectivity index is 3.04. The van der Waals surface area contributed by atoms with Gasteiger partial charge in [0, 0.05) is 5.56 Å². The lowest BCUT2D eigenvalue weighted by Gasteiger charge is -2.10. The van der Waals surface area contributed by atoms with Crippen molar-refractivity contribution in [3.8, 4) is 5.88 Å². The summed E-state index contributed by atoms with van der Waals surface area (Å²) in [4.78, 5) is 2.92. The van der Waals surface area contributed by atoms with Gasteiger partial charge in [0.1, 0.15) is 0 Å². The fourth-order valence-electron chi connectivity index (χ4n) is 0.809. The molecule has 1 rings (SSSR count). The molecule has 7 heteroatoms. The van der Waals surface area contributed by atoms with E-state index in [1.165, 1.54) is 6.92 Å². The Morgan fingerprint density at radius 3 is 2.50 bits per heavy atom. The molecule has 0 bridgehead atoms. The van der Waals surface area contributed by atoms with Gasteiger partial charge < -0.3 is 10.5 Å². The monoisotopic (exact) mass is 210 g/mol. The number of pyridine rings is 1. The molecule has 0 saturated carbocycles. The molecule has 0 aromatic carbocycles. The third kappa shape index (κ3) is 2.48. The number of hydrogen-bond acceptors (Lipinski definition) is 3. The number of hydrogen-bond donors (Lipinski definition) is 1. The molecular formula is C7H6F4N2O. The highest BCUT2D eigenvalue weighted by Crippen LogP contribution is 2.25. The maximum atomic E-state index is 12.7. The second-order valence-corrected chi connectivity index (χ2v) is 2.54. The van der Waals surface area contributed by atoms with Crippen molar-refractivity contribution in [1.29, 1.82) is 0 Å². The van der Waals surface area contributed by atoms with Crippen LogP contribution < -0.4 is 10.5 Å². The molecule has 1 heterocycles. The number of aryl methyl sites for hydroxylation is 1. The van der Waals surface area contributed by atoms with Gasteiger partial charge >= 0.3 is 6.36 Å². The van der Waals surface area contributed by atoms with Crippen LogP contribution in [-0.4, -0.2) is 11.3 Å². The molecule has 0 unspecified atom stereocenters. The van der Waals surface area contributed by atoms with Crippen molar-refractivity contribution >= 4 is 5.69 Å². The Hall–Kier alpha value is -1.53. The summed E-state index contributed by atoms with van der Waals surface area (Å²) >= 11 is 0. The maximum Gasteiger partial charge on any atom is 0.574 e. The number of ether oxygens (including phenoxy) is 1. The van der Waals surface area contributed by atoms with Crippen molar-refractivity contribution < 1.29 is 22.3 Å². The SMILES string of the molecule is Cc1cc(N)c(F)nc1OC(F)(F)F. The van der Waals surface area contributed by atoms with E-state index in [1.54, 1.807) is 0 Å². The number of nitrogen functional groups attached to an aromatic ring is 1. The molecular weight excluding hydrogens is 204 g/mol. The zero-order valence-electron chi connectivity index (χ0n) is 7.02. The highest BCUT2D eigenvalue weighted by Gasteiger charge is 2.32. The number of nitrogens with zero attached hydrogens (tertiary/aromatic N) is 1. The predicted molar refractivity (Wildman–Crippen MR) is 40.0 cm³/mol. The summed E-state index contributed by atoms with van der Waals surface area (Å²) in [5.74, 6) is -2.01. The molecule has 1 aromatic rings. The Kier molecular flexibility index (Phi) is 2.50. The van der Waals surface area contributed by atoms with Crippen LogP contribution in [0.25, 0.3) is 0 Å². The Labute approximate surface area is 76.5 Å². The third-order valence-corrected chi connectivity index (χ3v) is 1.36. The lowest BCUT2D eigenvalue weighted by atomic mass is 10.3. The number of alkyl halides is 3. The molecule has 0 aliphatic rings. The molecule has 0 aliphatic carbocycles. The fourth-order valence-corrected chi connectivity index (χ4v) is 0.809. The summed E-state index contributed by atoms with van der Waals surface area (Å²) in [7, 11) is 0. The van der Waals surface area contributed by atoms with Crippen LogP contribution in [0.1, 0.15) is 5.56 Å². The number of aromatic nitrogens is 1. The minimum Gasteiger partial charge on any atom is -0.395 e. The summed E-state index contributed by atoms with van der Waals surface area (Å²) < 4.78 is 51.3. The van der Waals surface area contributed by atoms with Crippen molar-refractivity contribution in [2.75, 3.05) is 5.73 Å². The van der Waals surface area contributed by atoms with Gasteiger partial charge in [-0.05, 0) is 13.0 Å². The van der Waals surface area contributed by atoms with E-state index >= 15 is 0 Å². The van der Waals surface area contributed by atoms with Gasteiger partial charge in [-0.25, -0.2) is 0 Å². The van der Waals surface area contributed by atoms with E-state index in [1.807, 2.05) is 0 Å². The quantitative estimate of drug-likeness (QED) is 0.569. The minimum atomic E-state index is -4.89. The van der Waals surface area contributed by atoms with E-state index < -0.39 is 18.2 Å². The van der Waals surface area contributed by atoms with Gasteiger partial charge in [-0.1, -0.05) is 0 Å². The number of halogens is 4. The first-order valence-electron chi connectivity index (χ1n) is 3.48. The molecule has 0 radical (unpaired) electrons. The molecule has 14 heavy (non-hydrogen) atoms. The second kappa shape index (κ2) is 3.32. The zero-order valence-corrected chi connectivity index (χ0v) is 7.02. The molecule has 0 spiro atoms. The first-order chi connectivity index (χ1) is 6.29. The van der Waals surface area contributed by atoms with E-state index in [-0.39, 0.29) is 11.3 Å². The molecule has 78 valence electrons. The summed E-state index contributed by atoms with van der Waals surface area (Å²) in [5.41, 5.74) is 4.77. The van der Waals surface area contributed by atoms with Crippen LogP contribution in [0.15, 0.2) is 6.07 Å². The van der Waals surface area contributed by atoms with Crippen molar-refractivity contribution in [3.63, 3.8) is 0 Å². The molecule has 1 aromatic heterocycles. The number of rotatable bonds is 1. The van der Waals surface area contributed by atoms with Crippen molar-refractivity contribution in [1.82, 2.24) is 4.98 Å². The Morgan fingerprint density at radius 2 is 2.00 bits per heavy atom. The van der Waals surface area contributed by atoms with Crippen LogP contribution in [0.4, 0.5) is 23.2 Å². The Morgan fingerprint density at radius 1 is 1.43 bits per heavy atom. The standard InChI is InChI=1S/C7H6F4N2O/c1-3-2-4(12)5(8)13-6(3)14-7(9,10)11/h2H,12H2,1H3. The van der Waals surface area contributed by atoms with Crippen molar-refractivity contribution in [2.45, 2.75) is 13.3 Å². The summed E-state index contributed by atoms with van der Waals surface area (Å²) in [5, 5.41) is 0. The average molecular weight is 210 g/mol. The van der Waals surface area contributed by atoms with Crippen LogP contribution in [0, 0.1) is 12.9 Å². The zero-order chi connectivity index (χ0) is 10.9. The van der Waals surface area contributed by atoms with Crippen LogP contribution >= 0.6 is 0 Å². The van der Waals surface area contributed by atoms with Crippen molar-refractivity contribution in [3.05, 3.63) is 17.6 Å². The number of nitrogens with two attached hydrogens (primary N) is 1. The molecule has 3 nitrogen and oxygen atoms in total. The predicted octanol–water partition coefficient (Wildman–Crippen LogP) is 2.01. The van der Waals surface area contributed by atoms with E-state index in [9.17, 15) is 17.6 Å².